The van der Waals surface area contributed by atoms with E-state index in [9.17, 15) is 24.6 Å². The summed E-state index contributed by atoms with van der Waals surface area (Å²) in [7, 11) is 1.89. The van der Waals surface area contributed by atoms with Gasteiger partial charge in [-0.1, -0.05) is 72.8 Å². The van der Waals surface area contributed by atoms with Gasteiger partial charge in [0.1, 0.15) is 0 Å². The molecule has 2 unspecified atom stereocenters. The molecule has 9 nitrogen and oxygen atoms in total. The summed E-state index contributed by atoms with van der Waals surface area (Å²) in [6, 6.07) is 16.4. The van der Waals surface area contributed by atoms with Crippen LogP contribution in [0, 0.1) is 0 Å². The summed E-state index contributed by atoms with van der Waals surface area (Å²) in [6.45, 7) is 0.496. The van der Waals surface area contributed by atoms with Gasteiger partial charge in [0, 0.05) is 44.5 Å². The number of unbranched alkanes of at least 4 members (excludes halogenated alkanes) is 4. The van der Waals surface area contributed by atoms with Crippen LogP contribution in [0.5, 0.6) is 11.8 Å². The molecule has 11 heteroatoms. The second kappa shape index (κ2) is 15.2. The van der Waals surface area contributed by atoms with Gasteiger partial charge in [-0.25, -0.2) is 4.79 Å². The molecule has 0 fully saturated rings. The van der Waals surface area contributed by atoms with Gasteiger partial charge in [-0.2, -0.15) is 0 Å². The molecule has 2 amide bonds. The molecule has 0 spiro atoms. The van der Waals surface area contributed by atoms with Crippen LogP contribution in [0.2, 0.25) is 10.0 Å². The molecular formula is C32H37Cl2N3O6. The van der Waals surface area contributed by atoms with E-state index in [-0.39, 0.29) is 36.6 Å². The zero-order chi connectivity index (χ0) is 30.9. The lowest BCUT2D eigenvalue weighted by Crippen LogP contribution is -2.30. The quantitative estimate of drug-likeness (QED) is 0.184. The molecule has 2 aromatic carbocycles. The topological polar surface area (TPSA) is 121 Å². The Kier molecular flexibility index (Phi) is 11.4. The Hall–Kier alpha value is -3.69. The van der Waals surface area contributed by atoms with Gasteiger partial charge < -0.3 is 25.3 Å². The summed E-state index contributed by atoms with van der Waals surface area (Å²) in [4.78, 5) is 43.6. The Morgan fingerprint density at radius 1 is 0.884 bits per heavy atom. The molecular weight excluding hydrogens is 593 g/mol. The van der Waals surface area contributed by atoms with Crippen molar-refractivity contribution in [3.63, 3.8) is 0 Å². The molecule has 1 aliphatic rings. The van der Waals surface area contributed by atoms with Crippen LogP contribution in [-0.2, 0) is 14.4 Å². The number of nitrogens with zero attached hydrogens (tertiary/aromatic N) is 2. The van der Waals surface area contributed by atoms with E-state index in [1.54, 1.807) is 0 Å². The van der Waals surface area contributed by atoms with E-state index in [4.69, 9.17) is 28.0 Å². The number of halogens is 2. The van der Waals surface area contributed by atoms with Crippen molar-refractivity contribution in [3.05, 3.63) is 81.3 Å². The summed E-state index contributed by atoms with van der Waals surface area (Å²) in [5, 5.41) is 22.8. The number of nitrogens with one attached hydrogen (secondary N) is 1. The molecule has 3 N–H and O–H groups in total. The summed E-state index contributed by atoms with van der Waals surface area (Å²) in [5.41, 5.74) is 3.49. The zero-order valence-corrected chi connectivity index (χ0v) is 25.6. The number of hydrogen-bond acceptors (Lipinski definition) is 6. The van der Waals surface area contributed by atoms with Crippen molar-refractivity contribution < 1.29 is 29.4 Å². The third-order valence-corrected chi connectivity index (χ3v) is 8.57. The number of fused-ring (bicyclic) bond motifs is 1. The monoisotopic (exact) mass is 629 g/mol. The number of aromatic nitrogens is 1. The molecule has 0 saturated carbocycles. The first kappa shape index (κ1) is 32.2. The number of carbonyl (C=O) groups is 3. The summed E-state index contributed by atoms with van der Waals surface area (Å²) >= 11 is 12.4. The van der Waals surface area contributed by atoms with Crippen molar-refractivity contribution >= 4 is 41.0 Å². The van der Waals surface area contributed by atoms with E-state index in [1.807, 2.05) is 42.3 Å². The molecule has 43 heavy (non-hydrogen) atoms. The second-order valence-corrected chi connectivity index (χ2v) is 11.6. The number of carbonyl (C=O) groups excluding carboxylic acids is 3. The summed E-state index contributed by atoms with van der Waals surface area (Å²) in [5.74, 6) is -1.58. The van der Waals surface area contributed by atoms with Crippen molar-refractivity contribution in [2.45, 2.75) is 69.7 Å². The second-order valence-electron chi connectivity index (χ2n) is 10.8. The fourth-order valence-electron chi connectivity index (χ4n) is 5.48. The maximum atomic E-state index is 13.1. The summed E-state index contributed by atoms with van der Waals surface area (Å²) < 4.78 is 0.592. The first-order valence-electron chi connectivity index (χ1n) is 14.5. The third-order valence-electron chi connectivity index (χ3n) is 7.83. The maximum absolute atomic E-state index is 13.1. The van der Waals surface area contributed by atoms with E-state index in [0.717, 1.165) is 44.1 Å². The van der Waals surface area contributed by atoms with Gasteiger partial charge in [-0.05, 0) is 48.1 Å². The molecule has 0 aliphatic heterocycles. The van der Waals surface area contributed by atoms with Crippen LogP contribution in [0.3, 0.4) is 0 Å². The van der Waals surface area contributed by atoms with E-state index >= 15 is 0 Å². The maximum Gasteiger partial charge on any atom is 0.333 e. The van der Waals surface area contributed by atoms with Gasteiger partial charge >= 0.3 is 5.97 Å². The Balaban J connectivity index is 1.11. The minimum Gasteiger partial charge on any atom is -0.492 e. The van der Waals surface area contributed by atoms with Crippen LogP contribution >= 0.6 is 23.2 Å². The third kappa shape index (κ3) is 8.45. The van der Waals surface area contributed by atoms with Crippen LogP contribution in [0.15, 0.2) is 54.6 Å². The highest BCUT2D eigenvalue weighted by molar-refractivity contribution is 6.42. The van der Waals surface area contributed by atoms with Gasteiger partial charge in [-0.15, -0.1) is 4.73 Å². The number of hydrogen-bond donors (Lipinski definition) is 3. The average Bonchev–Trinajstić information content (AvgIpc) is 3.53. The lowest BCUT2D eigenvalue weighted by Gasteiger charge is -2.26. The van der Waals surface area contributed by atoms with E-state index in [0.29, 0.717) is 27.7 Å². The van der Waals surface area contributed by atoms with Crippen molar-refractivity contribution in [3.8, 4) is 11.8 Å². The smallest absolute Gasteiger partial charge is 0.333 e. The molecule has 1 aliphatic carbocycles. The van der Waals surface area contributed by atoms with Crippen LogP contribution in [0.4, 0.5) is 0 Å². The predicted octanol–water partition coefficient (Wildman–Crippen LogP) is 6.13. The van der Waals surface area contributed by atoms with Crippen LogP contribution in [-0.4, -0.2) is 51.2 Å². The van der Waals surface area contributed by atoms with Gasteiger partial charge in [0.2, 0.25) is 23.6 Å². The van der Waals surface area contributed by atoms with Crippen molar-refractivity contribution in [1.82, 2.24) is 14.9 Å². The number of benzene rings is 2. The standard InChI is InChI=1S/C32H37Cl2N3O6/c1-36(27-20-24(22-9-6-7-10-23(22)27)21-12-13-25(33)26(34)19-21)29(39)11-5-3-2-4-8-18-35-28(38)14-17-32(42)43-37-30(40)15-16-31(37)41/h6-7,9-10,12-13,15-16,19,24,27,40-41H,2-5,8,11,14,17-18,20H2,1H3,(H,35,38). The molecule has 2 atom stereocenters. The van der Waals surface area contributed by atoms with Crippen LogP contribution in [0.1, 0.15) is 86.4 Å². The van der Waals surface area contributed by atoms with Crippen molar-refractivity contribution in [2.24, 2.45) is 0 Å². The lowest BCUT2D eigenvalue weighted by molar-refractivity contribution is -0.146. The van der Waals surface area contributed by atoms with Gasteiger partial charge in [-0.3, -0.25) is 9.59 Å². The zero-order valence-electron chi connectivity index (χ0n) is 24.1. The van der Waals surface area contributed by atoms with Crippen LogP contribution in [0.25, 0.3) is 0 Å². The average molecular weight is 631 g/mol. The van der Waals surface area contributed by atoms with E-state index in [2.05, 4.69) is 17.4 Å². The van der Waals surface area contributed by atoms with Gasteiger partial charge in [0.05, 0.1) is 22.5 Å². The fraction of sp³-hybridized carbons (Fsp3) is 0.406. The Labute approximate surface area is 261 Å². The molecule has 1 heterocycles. The van der Waals surface area contributed by atoms with Crippen molar-refractivity contribution in [1.29, 1.82) is 0 Å². The highest BCUT2D eigenvalue weighted by Gasteiger charge is 2.35. The molecule has 3 aromatic rings. The molecule has 1 aromatic heterocycles. The van der Waals surface area contributed by atoms with Gasteiger partial charge in [0.25, 0.3) is 0 Å². The Morgan fingerprint density at radius 2 is 1.56 bits per heavy atom. The molecule has 4 rings (SSSR count). The first-order chi connectivity index (χ1) is 20.7. The Morgan fingerprint density at radius 3 is 2.28 bits per heavy atom. The summed E-state index contributed by atoms with van der Waals surface area (Å²) in [6.07, 6.45) is 5.43. The van der Waals surface area contributed by atoms with Gasteiger partial charge in [0.15, 0.2) is 0 Å². The largest absolute Gasteiger partial charge is 0.492 e. The lowest BCUT2D eigenvalue weighted by atomic mass is 9.93. The minimum atomic E-state index is -0.749. The molecule has 0 radical (unpaired) electrons. The van der Waals surface area contributed by atoms with Crippen LogP contribution < -0.4 is 10.2 Å². The molecule has 230 valence electrons. The van der Waals surface area contributed by atoms with E-state index in [1.165, 1.54) is 23.3 Å². The molecule has 0 bridgehead atoms. The number of aromatic hydroxyl groups is 2. The number of rotatable bonds is 14. The highest BCUT2D eigenvalue weighted by atomic mass is 35.5. The number of amides is 2. The minimum absolute atomic E-state index is 0.00168. The highest BCUT2D eigenvalue weighted by Crippen LogP contribution is 2.47. The van der Waals surface area contributed by atoms with E-state index < -0.39 is 17.7 Å². The normalized spacial score (nSPS) is 15.6. The Bertz CT molecular complexity index is 1420. The SMILES string of the molecule is CN(C(=O)CCCCCCCNC(=O)CCC(=O)On1c(O)ccc1O)C1CC(c2ccc(Cl)c(Cl)c2)c2ccccc21. The molecule has 0 saturated heterocycles. The van der Waals surface area contributed by atoms with Crippen molar-refractivity contribution in [2.75, 3.05) is 13.6 Å². The fourth-order valence-corrected chi connectivity index (χ4v) is 5.78. The first-order valence-corrected chi connectivity index (χ1v) is 15.3. The predicted molar refractivity (Wildman–Crippen MR) is 164 cm³/mol.